The lowest BCUT2D eigenvalue weighted by Gasteiger charge is -1.98. The van der Waals surface area contributed by atoms with Gasteiger partial charge in [0.1, 0.15) is 0 Å². The highest BCUT2D eigenvalue weighted by Crippen LogP contribution is 2.24. The van der Waals surface area contributed by atoms with E-state index in [9.17, 15) is 4.79 Å². The largest absolute Gasteiger partial charge is 0.375 e. The highest BCUT2D eigenvalue weighted by molar-refractivity contribution is 6.09. The van der Waals surface area contributed by atoms with E-state index < -0.39 is 0 Å². The van der Waals surface area contributed by atoms with Gasteiger partial charge in [0.2, 0.25) is 0 Å². The van der Waals surface area contributed by atoms with E-state index in [4.69, 9.17) is 0 Å². The van der Waals surface area contributed by atoms with Crippen LogP contribution in [0, 0.1) is 0 Å². The van der Waals surface area contributed by atoms with Crippen molar-refractivity contribution in [3.05, 3.63) is 29.8 Å². The van der Waals surface area contributed by atoms with Crippen LogP contribution < -0.4 is 5.32 Å². The Kier molecular flexibility index (Phi) is 1.22. The first-order valence-electron chi connectivity index (χ1n) is 3.69. The fourth-order valence-corrected chi connectivity index (χ4v) is 1.36. The lowest BCUT2D eigenvalue weighted by Crippen LogP contribution is -2.16. The minimum absolute atomic E-state index is 0.0487. The topological polar surface area (TPSA) is 29.1 Å². The molecule has 1 atom stereocenters. The predicted molar refractivity (Wildman–Crippen MR) is 43.9 cm³/mol. The van der Waals surface area contributed by atoms with Crippen molar-refractivity contribution in [2.24, 2.45) is 0 Å². The Balaban J connectivity index is 2.55. The molecule has 0 saturated heterocycles. The summed E-state index contributed by atoms with van der Waals surface area (Å²) in [6.45, 7) is 1.88. The minimum atomic E-state index is -0.0487. The predicted octanol–water partition coefficient (Wildman–Crippen LogP) is 1.68. The summed E-state index contributed by atoms with van der Waals surface area (Å²) >= 11 is 0. The molecule has 0 bridgehead atoms. The van der Waals surface area contributed by atoms with Crippen LogP contribution in [-0.2, 0) is 0 Å². The van der Waals surface area contributed by atoms with Crippen LogP contribution in [-0.4, -0.2) is 11.8 Å². The third kappa shape index (κ3) is 0.827. The minimum Gasteiger partial charge on any atom is -0.375 e. The van der Waals surface area contributed by atoms with Crippen molar-refractivity contribution < 1.29 is 4.79 Å². The molecule has 2 rings (SSSR count). The van der Waals surface area contributed by atoms with Gasteiger partial charge in [0.15, 0.2) is 5.78 Å². The van der Waals surface area contributed by atoms with Crippen molar-refractivity contribution in [1.29, 1.82) is 0 Å². The third-order valence-electron chi connectivity index (χ3n) is 1.96. The number of anilines is 1. The Morgan fingerprint density at radius 2 is 2.09 bits per heavy atom. The molecule has 1 aromatic rings. The van der Waals surface area contributed by atoms with E-state index in [2.05, 4.69) is 5.32 Å². The maximum Gasteiger partial charge on any atom is 0.186 e. The van der Waals surface area contributed by atoms with Crippen LogP contribution >= 0.6 is 0 Å². The molecule has 1 aliphatic rings. The molecule has 0 saturated carbocycles. The van der Waals surface area contributed by atoms with Gasteiger partial charge in [0.05, 0.1) is 6.04 Å². The molecule has 56 valence electrons. The number of nitrogens with one attached hydrogen (secondary N) is 1. The fraction of sp³-hybridized carbons (Fsp3) is 0.222. The zero-order valence-corrected chi connectivity index (χ0v) is 6.29. The van der Waals surface area contributed by atoms with Gasteiger partial charge in [-0.25, -0.2) is 0 Å². The lowest BCUT2D eigenvalue weighted by atomic mass is 10.1. The summed E-state index contributed by atoms with van der Waals surface area (Å²) < 4.78 is 0. The zero-order chi connectivity index (χ0) is 7.84. The molecule has 1 aliphatic heterocycles. The summed E-state index contributed by atoms with van der Waals surface area (Å²) in [6, 6.07) is 7.55. The molecule has 2 heteroatoms. The molecule has 0 fully saturated rings. The van der Waals surface area contributed by atoms with Crippen molar-refractivity contribution >= 4 is 11.5 Å². The fourth-order valence-electron chi connectivity index (χ4n) is 1.36. The summed E-state index contributed by atoms with van der Waals surface area (Å²) in [5, 5.41) is 3.10. The first-order chi connectivity index (χ1) is 5.29. The summed E-state index contributed by atoms with van der Waals surface area (Å²) in [7, 11) is 0. The van der Waals surface area contributed by atoms with Gasteiger partial charge in [0, 0.05) is 11.3 Å². The van der Waals surface area contributed by atoms with Gasteiger partial charge in [-0.1, -0.05) is 12.1 Å². The number of carbonyl (C=O) groups excluding carboxylic acids is 1. The standard InChI is InChI=1S/C9H9NO/c1-6-9(11)7-4-2-3-5-8(7)10-6/h2-6,10H,1H3. The van der Waals surface area contributed by atoms with E-state index in [-0.39, 0.29) is 11.8 Å². The molecular formula is C9H9NO. The third-order valence-corrected chi connectivity index (χ3v) is 1.96. The average Bonchev–Trinajstić information content (AvgIpc) is 2.30. The first kappa shape index (κ1) is 6.40. The Morgan fingerprint density at radius 1 is 1.36 bits per heavy atom. The Hall–Kier alpha value is -1.31. The van der Waals surface area contributed by atoms with Crippen LogP contribution in [0.25, 0.3) is 0 Å². The van der Waals surface area contributed by atoms with Gasteiger partial charge in [-0.3, -0.25) is 4.79 Å². The molecule has 1 aromatic carbocycles. The number of carbonyl (C=O) groups is 1. The number of fused-ring (bicyclic) bond motifs is 1. The molecule has 1 heterocycles. The maximum atomic E-state index is 11.3. The molecular weight excluding hydrogens is 138 g/mol. The van der Waals surface area contributed by atoms with Gasteiger partial charge < -0.3 is 5.32 Å². The zero-order valence-electron chi connectivity index (χ0n) is 6.29. The summed E-state index contributed by atoms with van der Waals surface area (Å²) in [6.07, 6.45) is 0. The average molecular weight is 147 g/mol. The van der Waals surface area contributed by atoms with Crippen molar-refractivity contribution in [3.8, 4) is 0 Å². The summed E-state index contributed by atoms with van der Waals surface area (Å²) in [5.74, 6) is 0.195. The second-order valence-electron chi connectivity index (χ2n) is 2.78. The SMILES string of the molecule is CC1Nc2ccccc2C1=O. The summed E-state index contributed by atoms with van der Waals surface area (Å²) in [4.78, 5) is 11.3. The number of benzene rings is 1. The molecule has 1 N–H and O–H groups in total. The molecule has 1 unspecified atom stereocenters. The monoisotopic (exact) mass is 147 g/mol. The normalized spacial score (nSPS) is 21.2. The highest BCUT2D eigenvalue weighted by Gasteiger charge is 2.24. The van der Waals surface area contributed by atoms with Crippen molar-refractivity contribution in [3.63, 3.8) is 0 Å². The van der Waals surface area contributed by atoms with Crippen molar-refractivity contribution in [2.45, 2.75) is 13.0 Å². The number of ketones is 1. The second kappa shape index (κ2) is 2.09. The number of para-hydroxylation sites is 1. The van der Waals surface area contributed by atoms with E-state index in [0.29, 0.717) is 0 Å². The van der Waals surface area contributed by atoms with Crippen LogP contribution in [0.5, 0.6) is 0 Å². The Bertz CT molecular complexity index is 306. The molecule has 0 amide bonds. The van der Waals surface area contributed by atoms with E-state index in [1.54, 1.807) is 0 Å². The van der Waals surface area contributed by atoms with Gasteiger partial charge >= 0.3 is 0 Å². The van der Waals surface area contributed by atoms with Crippen LogP contribution in [0.1, 0.15) is 17.3 Å². The smallest absolute Gasteiger partial charge is 0.186 e. The lowest BCUT2D eigenvalue weighted by molar-refractivity contribution is 0.0985. The molecule has 11 heavy (non-hydrogen) atoms. The van der Waals surface area contributed by atoms with Gasteiger partial charge in [0.25, 0.3) is 0 Å². The van der Waals surface area contributed by atoms with Crippen LogP contribution in [0.2, 0.25) is 0 Å². The van der Waals surface area contributed by atoms with Crippen molar-refractivity contribution in [1.82, 2.24) is 0 Å². The molecule has 0 aromatic heterocycles. The summed E-state index contributed by atoms with van der Waals surface area (Å²) in [5.41, 5.74) is 1.78. The van der Waals surface area contributed by atoms with Crippen molar-refractivity contribution in [2.75, 3.05) is 5.32 Å². The number of Topliss-reactive ketones (excluding diaryl/α,β-unsaturated/α-hetero) is 1. The first-order valence-corrected chi connectivity index (χ1v) is 3.69. The van der Waals surface area contributed by atoms with Gasteiger partial charge in [-0.05, 0) is 19.1 Å². The molecule has 2 nitrogen and oxygen atoms in total. The molecule has 0 radical (unpaired) electrons. The van der Waals surface area contributed by atoms with Gasteiger partial charge in [-0.15, -0.1) is 0 Å². The van der Waals surface area contributed by atoms with Crippen LogP contribution in [0.4, 0.5) is 5.69 Å². The number of hydrogen-bond donors (Lipinski definition) is 1. The Morgan fingerprint density at radius 3 is 2.82 bits per heavy atom. The van der Waals surface area contributed by atoms with Crippen LogP contribution in [0.3, 0.4) is 0 Å². The quantitative estimate of drug-likeness (QED) is 0.605. The molecule has 0 spiro atoms. The van der Waals surface area contributed by atoms with E-state index in [0.717, 1.165) is 11.3 Å². The molecule has 0 aliphatic carbocycles. The Labute approximate surface area is 65.2 Å². The van der Waals surface area contributed by atoms with E-state index in [1.807, 2.05) is 31.2 Å². The highest BCUT2D eigenvalue weighted by atomic mass is 16.1. The van der Waals surface area contributed by atoms with Crippen LogP contribution in [0.15, 0.2) is 24.3 Å². The maximum absolute atomic E-state index is 11.3. The second-order valence-corrected chi connectivity index (χ2v) is 2.78. The van der Waals surface area contributed by atoms with E-state index >= 15 is 0 Å². The number of hydrogen-bond acceptors (Lipinski definition) is 2. The van der Waals surface area contributed by atoms with E-state index in [1.165, 1.54) is 0 Å². The number of rotatable bonds is 0. The van der Waals surface area contributed by atoms with Gasteiger partial charge in [-0.2, -0.15) is 0 Å².